The standard InChI is InChI=1S/C21H10FO6P.2Na/c1-2-3-4-5-6-7-8-9-10-11-12-13-14-15-16-17-21(23)27-18-20(22)19-28-29(24,25)26;;/h20H,18-19H2,1H3,(H2,24,25,26);;/q;2*+1/p-2/t20-;;/m0../s1. The van der Waals surface area contributed by atoms with E-state index in [0.717, 1.165) is 0 Å². The van der Waals surface area contributed by atoms with Gasteiger partial charge in [0.1, 0.15) is 6.61 Å². The third-order valence-corrected chi connectivity index (χ3v) is 2.38. The second-order valence-corrected chi connectivity index (χ2v) is 5.22. The third kappa shape index (κ3) is 28.0. The molecule has 31 heavy (non-hydrogen) atoms. The molecule has 142 valence electrons. The van der Waals surface area contributed by atoms with Crippen LogP contribution in [0.25, 0.3) is 0 Å². The first kappa shape index (κ1) is 33.6. The summed E-state index contributed by atoms with van der Waals surface area (Å²) in [5.74, 6) is 36.6. The number of hydrogen-bond acceptors (Lipinski definition) is 6. The van der Waals surface area contributed by atoms with E-state index >= 15 is 0 Å². The molecule has 1 atom stereocenters. The molecular formula is C21H8FNa2O6P. The number of ether oxygens (including phenoxy) is 1. The molecule has 0 heterocycles. The summed E-state index contributed by atoms with van der Waals surface area (Å²) < 4.78 is 31.3. The molecule has 0 aliphatic heterocycles. The maximum absolute atomic E-state index is 13.1. The number of carbonyl (C=O) groups excluding carboxylic acids is 1. The van der Waals surface area contributed by atoms with Crippen LogP contribution in [-0.2, 0) is 18.6 Å². The quantitative estimate of drug-likeness (QED) is 0.135. The molecule has 0 saturated carbocycles. The molecule has 0 radical (unpaired) electrons. The normalized spacial score (nSPS) is 7.87. The molecule has 0 fully saturated rings. The van der Waals surface area contributed by atoms with Gasteiger partial charge in [0, 0.05) is 5.92 Å². The van der Waals surface area contributed by atoms with Gasteiger partial charge < -0.3 is 23.6 Å². The molecule has 0 aromatic heterocycles. The van der Waals surface area contributed by atoms with Crippen molar-refractivity contribution >= 4 is 13.8 Å². The minimum absolute atomic E-state index is 0. The summed E-state index contributed by atoms with van der Waals surface area (Å²) in [5.41, 5.74) is 0. The number of alkyl halides is 1. The van der Waals surface area contributed by atoms with Crippen LogP contribution in [0.15, 0.2) is 0 Å². The van der Waals surface area contributed by atoms with Gasteiger partial charge in [-0.25, -0.2) is 9.18 Å². The Balaban J connectivity index is -0.00000392. The first-order chi connectivity index (χ1) is 13.8. The second kappa shape index (κ2) is 22.7. The minimum Gasteiger partial charge on any atom is -0.790 e. The molecule has 0 aliphatic rings. The van der Waals surface area contributed by atoms with Crippen LogP contribution >= 0.6 is 7.82 Å². The van der Waals surface area contributed by atoms with E-state index in [-0.39, 0.29) is 59.1 Å². The molecule has 0 aromatic carbocycles. The number of esters is 1. The average Bonchev–Trinajstić information content (AvgIpc) is 2.67. The summed E-state index contributed by atoms with van der Waals surface area (Å²) >= 11 is 0. The van der Waals surface area contributed by atoms with Gasteiger partial charge in [0.05, 0.1) is 14.4 Å². The van der Waals surface area contributed by atoms with E-state index in [2.05, 4.69) is 98.1 Å². The first-order valence-corrected chi connectivity index (χ1v) is 8.71. The predicted octanol–water partition coefficient (Wildman–Crippen LogP) is -7.23. The van der Waals surface area contributed by atoms with Crippen molar-refractivity contribution in [3.05, 3.63) is 0 Å². The van der Waals surface area contributed by atoms with E-state index in [9.17, 15) is 23.5 Å². The molecule has 0 amide bonds. The largest absolute Gasteiger partial charge is 1.00 e. The maximum atomic E-state index is 13.1. The molecule has 0 N–H and O–H groups in total. The fourth-order valence-electron chi connectivity index (χ4n) is 0.942. The van der Waals surface area contributed by atoms with Crippen LogP contribution in [0.2, 0.25) is 0 Å². The van der Waals surface area contributed by atoms with E-state index in [1.54, 1.807) is 6.92 Å². The zero-order valence-electron chi connectivity index (χ0n) is 16.8. The monoisotopic (exact) mass is 452 g/mol. The fourth-order valence-corrected chi connectivity index (χ4v) is 1.29. The van der Waals surface area contributed by atoms with E-state index in [1.807, 2.05) is 5.92 Å². The number of rotatable bonds is 5. The molecule has 0 aliphatic carbocycles. The maximum Gasteiger partial charge on any atom is 1.00 e. The van der Waals surface area contributed by atoms with Gasteiger partial charge >= 0.3 is 65.1 Å². The van der Waals surface area contributed by atoms with Gasteiger partial charge in [-0.15, -0.1) is 0 Å². The van der Waals surface area contributed by atoms with Crippen LogP contribution < -0.4 is 68.9 Å². The van der Waals surface area contributed by atoms with Crippen LogP contribution in [0.1, 0.15) is 6.92 Å². The Morgan fingerprint density at radius 1 is 0.806 bits per heavy atom. The third-order valence-electron chi connectivity index (χ3n) is 1.91. The SMILES string of the molecule is CC#CC#CC#CC#CC#CC#CC#CC#CC(=O)OC[C@H](F)COP(=O)([O-])[O-].[Na+].[Na+]. The molecule has 0 saturated heterocycles. The van der Waals surface area contributed by atoms with Crippen molar-refractivity contribution in [2.75, 3.05) is 13.2 Å². The zero-order chi connectivity index (χ0) is 21.8. The van der Waals surface area contributed by atoms with Crippen molar-refractivity contribution in [3.8, 4) is 94.7 Å². The summed E-state index contributed by atoms with van der Waals surface area (Å²) in [6.45, 7) is -0.231. The van der Waals surface area contributed by atoms with Crippen molar-refractivity contribution in [2.45, 2.75) is 13.1 Å². The molecule has 0 aromatic rings. The van der Waals surface area contributed by atoms with Crippen molar-refractivity contribution in [2.24, 2.45) is 0 Å². The Labute approximate surface area is 225 Å². The molecule has 0 spiro atoms. The Bertz CT molecular complexity index is 1160. The summed E-state index contributed by atoms with van der Waals surface area (Å²) in [7, 11) is -5.28. The van der Waals surface area contributed by atoms with E-state index in [0.29, 0.717) is 0 Å². The van der Waals surface area contributed by atoms with Crippen LogP contribution in [-0.4, -0.2) is 25.4 Å². The molecule has 10 heteroatoms. The topological polar surface area (TPSA) is 98.7 Å². The molecule has 0 rings (SSSR count). The molecule has 0 unspecified atom stereocenters. The molecule has 0 bridgehead atoms. The van der Waals surface area contributed by atoms with Gasteiger partial charge in [-0.2, -0.15) is 0 Å². The summed E-state index contributed by atoms with van der Waals surface area (Å²) in [6, 6.07) is 0. The van der Waals surface area contributed by atoms with E-state index in [4.69, 9.17) is 0 Å². The average molecular weight is 452 g/mol. The van der Waals surface area contributed by atoms with E-state index < -0.39 is 33.2 Å². The Hall–Kier alpha value is -2.01. The van der Waals surface area contributed by atoms with Crippen molar-refractivity contribution in [1.82, 2.24) is 0 Å². The van der Waals surface area contributed by atoms with Crippen molar-refractivity contribution < 1.29 is 91.9 Å². The second-order valence-electron chi connectivity index (χ2n) is 4.06. The first-order valence-electron chi connectivity index (χ1n) is 7.25. The van der Waals surface area contributed by atoms with Gasteiger partial charge in [0.15, 0.2) is 6.17 Å². The number of phosphoric ester groups is 1. The number of hydrogen-bond donors (Lipinski definition) is 0. The van der Waals surface area contributed by atoms with E-state index in [1.165, 1.54) is 0 Å². The number of phosphoric acid groups is 1. The Morgan fingerprint density at radius 2 is 1.19 bits per heavy atom. The van der Waals surface area contributed by atoms with Crippen LogP contribution in [0.5, 0.6) is 0 Å². The summed E-state index contributed by atoms with van der Waals surface area (Å²) in [6.07, 6.45) is -2.00. The van der Waals surface area contributed by atoms with Gasteiger partial charge in [0.25, 0.3) is 0 Å². The Kier molecular flexibility index (Phi) is 24.6. The van der Waals surface area contributed by atoms with Crippen LogP contribution in [0.3, 0.4) is 0 Å². The van der Waals surface area contributed by atoms with Gasteiger partial charge in [0.2, 0.25) is 0 Å². The molecule has 6 nitrogen and oxygen atoms in total. The fraction of sp³-hybridized carbons (Fsp3) is 0.190. The number of carbonyl (C=O) groups is 1. The zero-order valence-corrected chi connectivity index (χ0v) is 21.7. The molecular weight excluding hydrogens is 444 g/mol. The van der Waals surface area contributed by atoms with Crippen molar-refractivity contribution in [1.29, 1.82) is 0 Å². The van der Waals surface area contributed by atoms with Crippen molar-refractivity contribution in [3.63, 3.8) is 0 Å². The van der Waals surface area contributed by atoms with Gasteiger partial charge in [-0.05, 0) is 89.8 Å². The van der Waals surface area contributed by atoms with Crippen LogP contribution in [0, 0.1) is 94.7 Å². The predicted molar refractivity (Wildman–Crippen MR) is 97.3 cm³/mol. The summed E-state index contributed by atoms with van der Waals surface area (Å²) in [5, 5.41) is 0. The van der Waals surface area contributed by atoms with Gasteiger partial charge in [-0.3, -0.25) is 0 Å². The number of halogens is 1. The summed E-state index contributed by atoms with van der Waals surface area (Å²) in [4.78, 5) is 31.4. The van der Waals surface area contributed by atoms with Gasteiger partial charge in [-0.1, -0.05) is 5.92 Å². The van der Waals surface area contributed by atoms with Crippen LogP contribution in [0.4, 0.5) is 4.39 Å². The Morgan fingerprint density at radius 3 is 1.58 bits per heavy atom. The smallest absolute Gasteiger partial charge is 0.790 e. The minimum atomic E-state index is -5.28.